The van der Waals surface area contributed by atoms with Crippen LogP contribution in [0.1, 0.15) is 31.7 Å². The van der Waals surface area contributed by atoms with Crippen LogP contribution < -0.4 is 10.6 Å². The molecule has 2 heterocycles. The average molecular weight is 301 g/mol. The Hall–Kier alpha value is -1.55. The molecule has 2 unspecified atom stereocenters. The van der Waals surface area contributed by atoms with Gasteiger partial charge in [-0.15, -0.1) is 0 Å². The maximum absolute atomic E-state index is 12.4. The molecule has 0 aromatic heterocycles. The van der Waals surface area contributed by atoms with E-state index in [-0.39, 0.29) is 5.91 Å². The fraction of sp³-hybridized carbons (Fsp3) is 0.611. The van der Waals surface area contributed by atoms with Crippen LogP contribution in [0.2, 0.25) is 0 Å². The van der Waals surface area contributed by atoms with Crippen molar-refractivity contribution in [1.29, 1.82) is 0 Å². The number of para-hydroxylation sites is 1. The van der Waals surface area contributed by atoms with Gasteiger partial charge in [0.25, 0.3) is 0 Å². The molecule has 4 heteroatoms. The summed E-state index contributed by atoms with van der Waals surface area (Å²) in [5.41, 5.74) is 8.44. The van der Waals surface area contributed by atoms with Crippen molar-refractivity contribution < 1.29 is 4.79 Å². The average Bonchev–Trinajstić information content (AvgIpc) is 3.03. The molecule has 2 atom stereocenters. The lowest BCUT2D eigenvalue weighted by Crippen LogP contribution is -2.40. The zero-order valence-electron chi connectivity index (χ0n) is 13.5. The smallest absolute Gasteiger partial charge is 0.224 e. The van der Waals surface area contributed by atoms with E-state index in [0.717, 1.165) is 32.5 Å². The summed E-state index contributed by atoms with van der Waals surface area (Å²) >= 11 is 0. The van der Waals surface area contributed by atoms with Gasteiger partial charge in [0.15, 0.2) is 0 Å². The van der Waals surface area contributed by atoms with Gasteiger partial charge in [-0.2, -0.15) is 0 Å². The summed E-state index contributed by atoms with van der Waals surface area (Å²) < 4.78 is 0. The van der Waals surface area contributed by atoms with Gasteiger partial charge in [0.2, 0.25) is 5.91 Å². The van der Waals surface area contributed by atoms with E-state index in [1.165, 1.54) is 17.7 Å². The molecule has 4 nitrogen and oxygen atoms in total. The van der Waals surface area contributed by atoms with E-state index in [0.29, 0.717) is 24.9 Å². The standard InChI is InChI=1S/C18H27N3O/c1-14-6-7-16-4-2-3-5-17(16)21(14)11-9-18(22)20-10-8-15(12-19)13-20/h2-5,14-15H,6-13,19H2,1H3. The predicted octanol–water partition coefficient (Wildman–Crippen LogP) is 2.03. The molecule has 0 spiro atoms. The van der Waals surface area contributed by atoms with Crippen molar-refractivity contribution in [1.82, 2.24) is 4.90 Å². The number of anilines is 1. The Bertz CT molecular complexity index is 531. The normalized spacial score (nSPS) is 24.5. The molecule has 1 saturated heterocycles. The van der Waals surface area contributed by atoms with E-state index in [1.807, 2.05) is 4.90 Å². The molecule has 2 N–H and O–H groups in total. The Kier molecular flexibility index (Phi) is 4.67. The second kappa shape index (κ2) is 6.69. The number of fused-ring (bicyclic) bond motifs is 1. The maximum Gasteiger partial charge on any atom is 0.224 e. The van der Waals surface area contributed by atoms with E-state index < -0.39 is 0 Å². The monoisotopic (exact) mass is 301 g/mol. The van der Waals surface area contributed by atoms with Crippen LogP contribution >= 0.6 is 0 Å². The van der Waals surface area contributed by atoms with Gasteiger partial charge in [0, 0.05) is 37.8 Å². The summed E-state index contributed by atoms with van der Waals surface area (Å²) in [6, 6.07) is 9.11. The third-order valence-corrected chi connectivity index (χ3v) is 5.20. The fourth-order valence-corrected chi connectivity index (χ4v) is 3.73. The van der Waals surface area contributed by atoms with E-state index >= 15 is 0 Å². The summed E-state index contributed by atoms with van der Waals surface area (Å²) in [6.45, 7) is 5.51. The van der Waals surface area contributed by atoms with Gasteiger partial charge in [0.1, 0.15) is 0 Å². The summed E-state index contributed by atoms with van der Waals surface area (Å²) in [5, 5.41) is 0. The van der Waals surface area contributed by atoms with Crippen LogP contribution in [0.5, 0.6) is 0 Å². The number of hydrogen-bond donors (Lipinski definition) is 1. The first-order valence-corrected chi connectivity index (χ1v) is 8.51. The molecule has 22 heavy (non-hydrogen) atoms. The fourth-order valence-electron chi connectivity index (χ4n) is 3.73. The van der Waals surface area contributed by atoms with Gasteiger partial charge in [-0.25, -0.2) is 0 Å². The quantitative estimate of drug-likeness (QED) is 0.925. The first kappa shape index (κ1) is 15.3. The van der Waals surface area contributed by atoms with Crippen molar-refractivity contribution in [2.75, 3.05) is 31.1 Å². The van der Waals surface area contributed by atoms with Gasteiger partial charge in [-0.3, -0.25) is 4.79 Å². The van der Waals surface area contributed by atoms with Crippen molar-refractivity contribution >= 4 is 11.6 Å². The minimum absolute atomic E-state index is 0.284. The zero-order valence-corrected chi connectivity index (χ0v) is 13.5. The molecule has 1 aromatic rings. The van der Waals surface area contributed by atoms with Gasteiger partial charge in [-0.05, 0) is 50.3 Å². The second-order valence-corrected chi connectivity index (χ2v) is 6.69. The SMILES string of the molecule is CC1CCc2ccccc2N1CCC(=O)N1CCC(CN)C1. The third-order valence-electron chi connectivity index (χ3n) is 5.20. The first-order chi connectivity index (χ1) is 10.7. The highest BCUT2D eigenvalue weighted by atomic mass is 16.2. The number of benzene rings is 1. The minimum Gasteiger partial charge on any atom is -0.368 e. The Morgan fingerprint density at radius 2 is 2.14 bits per heavy atom. The minimum atomic E-state index is 0.284. The zero-order chi connectivity index (χ0) is 15.5. The summed E-state index contributed by atoms with van der Waals surface area (Å²) in [4.78, 5) is 16.8. The van der Waals surface area contributed by atoms with Gasteiger partial charge in [0.05, 0.1) is 0 Å². The van der Waals surface area contributed by atoms with Crippen molar-refractivity contribution in [3.63, 3.8) is 0 Å². The predicted molar refractivity (Wildman–Crippen MR) is 89.9 cm³/mol. The number of carbonyl (C=O) groups excluding carboxylic acids is 1. The Morgan fingerprint density at radius 3 is 2.91 bits per heavy atom. The summed E-state index contributed by atoms with van der Waals surface area (Å²) in [5.74, 6) is 0.782. The molecular formula is C18H27N3O. The van der Waals surface area contributed by atoms with Crippen molar-refractivity contribution in [3.05, 3.63) is 29.8 Å². The first-order valence-electron chi connectivity index (χ1n) is 8.51. The topological polar surface area (TPSA) is 49.6 Å². The van der Waals surface area contributed by atoms with Crippen LogP contribution in [0, 0.1) is 5.92 Å². The molecule has 1 aromatic carbocycles. The van der Waals surface area contributed by atoms with Crippen LogP contribution in [-0.2, 0) is 11.2 Å². The summed E-state index contributed by atoms with van der Waals surface area (Å²) in [6.07, 6.45) is 3.98. The number of nitrogens with two attached hydrogens (primary N) is 1. The van der Waals surface area contributed by atoms with Gasteiger partial charge in [-0.1, -0.05) is 18.2 Å². The molecular weight excluding hydrogens is 274 g/mol. The highest BCUT2D eigenvalue weighted by molar-refractivity contribution is 5.77. The van der Waals surface area contributed by atoms with Crippen LogP contribution in [-0.4, -0.2) is 43.0 Å². The number of hydrogen-bond acceptors (Lipinski definition) is 3. The molecule has 3 rings (SSSR count). The largest absolute Gasteiger partial charge is 0.368 e. The molecule has 1 amide bonds. The number of rotatable bonds is 4. The van der Waals surface area contributed by atoms with Gasteiger partial charge >= 0.3 is 0 Å². The molecule has 1 fully saturated rings. The van der Waals surface area contributed by atoms with Crippen molar-refractivity contribution in [2.45, 2.75) is 38.6 Å². The lowest BCUT2D eigenvalue weighted by Gasteiger charge is -2.37. The molecule has 2 aliphatic heterocycles. The molecule has 0 radical (unpaired) electrons. The van der Waals surface area contributed by atoms with E-state index in [2.05, 4.69) is 36.1 Å². The van der Waals surface area contributed by atoms with E-state index in [4.69, 9.17) is 5.73 Å². The number of aryl methyl sites for hydroxylation is 1. The Morgan fingerprint density at radius 1 is 1.32 bits per heavy atom. The second-order valence-electron chi connectivity index (χ2n) is 6.69. The maximum atomic E-state index is 12.4. The molecule has 2 aliphatic rings. The summed E-state index contributed by atoms with van der Waals surface area (Å²) in [7, 11) is 0. The van der Waals surface area contributed by atoms with Crippen LogP contribution in [0.4, 0.5) is 5.69 Å². The molecule has 0 saturated carbocycles. The van der Waals surface area contributed by atoms with Crippen molar-refractivity contribution in [2.24, 2.45) is 11.7 Å². The van der Waals surface area contributed by atoms with E-state index in [9.17, 15) is 4.79 Å². The van der Waals surface area contributed by atoms with Crippen molar-refractivity contribution in [3.8, 4) is 0 Å². The molecule has 0 bridgehead atoms. The van der Waals surface area contributed by atoms with Crippen LogP contribution in [0.3, 0.4) is 0 Å². The highest BCUT2D eigenvalue weighted by Gasteiger charge is 2.27. The molecule has 0 aliphatic carbocycles. The van der Waals surface area contributed by atoms with Crippen LogP contribution in [0.25, 0.3) is 0 Å². The number of nitrogens with zero attached hydrogens (tertiary/aromatic N) is 2. The third kappa shape index (κ3) is 3.12. The number of carbonyl (C=O) groups is 1. The highest BCUT2D eigenvalue weighted by Crippen LogP contribution is 2.30. The number of likely N-dealkylation sites (tertiary alicyclic amines) is 1. The number of amides is 1. The van der Waals surface area contributed by atoms with Crippen LogP contribution in [0.15, 0.2) is 24.3 Å². The Balaban J connectivity index is 1.60. The lowest BCUT2D eigenvalue weighted by molar-refractivity contribution is -0.130. The molecule has 120 valence electrons. The Labute approximate surface area is 133 Å². The van der Waals surface area contributed by atoms with E-state index in [1.54, 1.807) is 0 Å². The van der Waals surface area contributed by atoms with Gasteiger partial charge < -0.3 is 15.5 Å². The lowest BCUT2D eigenvalue weighted by atomic mass is 9.96.